The Kier molecular flexibility index (Phi) is 5.49. The third kappa shape index (κ3) is 3.75. The average Bonchev–Trinajstić information content (AvgIpc) is 2.76. The van der Waals surface area contributed by atoms with Crippen LogP contribution in [0.2, 0.25) is 5.02 Å². The second kappa shape index (κ2) is 6.93. The lowest BCUT2D eigenvalue weighted by atomic mass is 10.2. The molecule has 7 heteroatoms. The van der Waals surface area contributed by atoms with E-state index in [0.717, 1.165) is 13.1 Å². The van der Waals surface area contributed by atoms with E-state index >= 15 is 0 Å². The molecule has 1 heterocycles. The van der Waals surface area contributed by atoms with Crippen LogP contribution in [0.5, 0.6) is 0 Å². The van der Waals surface area contributed by atoms with E-state index in [9.17, 15) is 4.79 Å². The minimum atomic E-state index is -0.383. The third-order valence-electron chi connectivity index (χ3n) is 2.54. The lowest BCUT2D eigenvalue weighted by Gasteiger charge is -2.09. The van der Waals surface area contributed by atoms with E-state index in [1.54, 1.807) is 29.5 Å². The van der Waals surface area contributed by atoms with E-state index in [1.165, 1.54) is 7.11 Å². The average molecular weight is 440 g/mol. The van der Waals surface area contributed by atoms with Gasteiger partial charge in [0.2, 0.25) is 0 Å². The number of rotatable bonds is 4. The molecule has 1 N–H and O–H groups in total. The Hall–Kier alpha value is -0.560. The van der Waals surface area contributed by atoms with Crippen LogP contribution in [0.3, 0.4) is 0 Å². The summed E-state index contributed by atoms with van der Waals surface area (Å²) in [4.78, 5) is 12.6. The van der Waals surface area contributed by atoms with Gasteiger partial charge >= 0.3 is 5.97 Å². The highest BCUT2D eigenvalue weighted by atomic mass is 79.9. The number of hydrogen-bond acceptors (Lipinski definition) is 4. The SMILES string of the molecule is COC(=O)c1ccc(Cl)c(NCc2cc(Br)c(Br)s2)c1. The molecule has 0 unspecified atom stereocenters. The maximum absolute atomic E-state index is 11.5. The highest BCUT2D eigenvalue weighted by Crippen LogP contribution is 2.33. The van der Waals surface area contributed by atoms with Crippen molar-refractivity contribution >= 4 is 66.5 Å². The van der Waals surface area contributed by atoms with Gasteiger partial charge in [0.05, 0.1) is 27.2 Å². The van der Waals surface area contributed by atoms with Crippen molar-refractivity contribution in [2.75, 3.05) is 12.4 Å². The summed E-state index contributed by atoms with van der Waals surface area (Å²) in [7, 11) is 1.35. The van der Waals surface area contributed by atoms with Crippen molar-refractivity contribution < 1.29 is 9.53 Å². The smallest absolute Gasteiger partial charge is 0.337 e. The predicted molar refractivity (Wildman–Crippen MR) is 89.8 cm³/mol. The van der Waals surface area contributed by atoms with E-state index < -0.39 is 0 Å². The van der Waals surface area contributed by atoms with Gasteiger partial charge in [-0.2, -0.15) is 0 Å². The van der Waals surface area contributed by atoms with Crippen molar-refractivity contribution in [1.82, 2.24) is 0 Å². The molecule has 0 amide bonds. The summed E-state index contributed by atoms with van der Waals surface area (Å²) >= 11 is 14.6. The first kappa shape index (κ1) is 15.8. The van der Waals surface area contributed by atoms with Gasteiger partial charge in [-0.05, 0) is 56.1 Å². The number of ether oxygens (including phenoxy) is 1. The van der Waals surface area contributed by atoms with Crippen LogP contribution in [0.25, 0.3) is 0 Å². The quantitative estimate of drug-likeness (QED) is 0.655. The van der Waals surface area contributed by atoms with E-state index in [1.807, 2.05) is 6.07 Å². The molecule has 0 aliphatic rings. The molecular formula is C13H10Br2ClNO2S. The molecule has 0 fully saturated rings. The van der Waals surface area contributed by atoms with Crippen molar-refractivity contribution in [2.24, 2.45) is 0 Å². The number of halogens is 3. The number of thiophene rings is 1. The molecule has 3 nitrogen and oxygen atoms in total. The largest absolute Gasteiger partial charge is 0.465 e. The second-order valence-corrected chi connectivity index (χ2v) is 7.59. The van der Waals surface area contributed by atoms with E-state index in [4.69, 9.17) is 16.3 Å². The summed E-state index contributed by atoms with van der Waals surface area (Å²) in [5.74, 6) is -0.383. The number of carbonyl (C=O) groups is 1. The van der Waals surface area contributed by atoms with Crippen LogP contribution in [0.1, 0.15) is 15.2 Å². The summed E-state index contributed by atoms with van der Waals surface area (Å²) in [5.41, 5.74) is 1.17. The fourth-order valence-electron chi connectivity index (χ4n) is 1.57. The standard InChI is InChI=1S/C13H10Br2ClNO2S/c1-19-13(18)7-2-3-10(16)11(4-7)17-6-8-5-9(14)12(15)20-8/h2-5,17H,6H2,1H3. The van der Waals surface area contributed by atoms with Crippen molar-refractivity contribution in [2.45, 2.75) is 6.54 Å². The van der Waals surface area contributed by atoms with Crippen LogP contribution in [-0.4, -0.2) is 13.1 Å². The van der Waals surface area contributed by atoms with Crippen LogP contribution in [0, 0.1) is 0 Å². The Morgan fingerprint density at radius 1 is 1.40 bits per heavy atom. The first-order valence-corrected chi connectivity index (χ1v) is 8.34. The Morgan fingerprint density at radius 2 is 2.15 bits per heavy atom. The molecule has 0 radical (unpaired) electrons. The van der Waals surface area contributed by atoms with Gasteiger partial charge in [0.15, 0.2) is 0 Å². The fourth-order valence-corrected chi connectivity index (χ4v) is 3.87. The number of methoxy groups -OCH3 is 1. The summed E-state index contributed by atoms with van der Waals surface area (Å²) < 4.78 is 6.76. The zero-order valence-corrected chi connectivity index (χ0v) is 15.1. The second-order valence-electron chi connectivity index (χ2n) is 3.87. The van der Waals surface area contributed by atoms with E-state index in [0.29, 0.717) is 22.8 Å². The molecule has 106 valence electrons. The van der Waals surface area contributed by atoms with Crippen molar-refractivity contribution in [3.05, 3.63) is 48.0 Å². The third-order valence-corrected chi connectivity index (χ3v) is 6.12. The Morgan fingerprint density at radius 3 is 2.75 bits per heavy atom. The zero-order chi connectivity index (χ0) is 14.7. The van der Waals surface area contributed by atoms with Gasteiger partial charge < -0.3 is 10.1 Å². The first-order chi connectivity index (χ1) is 9.51. The number of benzene rings is 1. The van der Waals surface area contributed by atoms with Crippen molar-refractivity contribution in [3.63, 3.8) is 0 Å². The van der Waals surface area contributed by atoms with Crippen LogP contribution in [0.4, 0.5) is 5.69 Å². The Balaban J connectivity index is 2.14. The van der Waals surface area contributed by atoms with Gasteiger partial charge in [0.25, 0.3) is 0 Å². The van der Waals surface area contributed by atoms with Crippen molar-refractivity contribution in [1.29, 1.82) is 0 Å². The predicted octanol–water partition coefficient (Wildman–Crippen LogP) is 5.33. The van der Waals surface area contributed by atoms with Crippen LogP contribution >= 0.6 is 54.8 Å². The molecule has 1 aromatic heterocycles. The summed E-state index contributed by atoms with van der Waals surface area (Å²) in [5, 5.41) is 3.78. The highest BCUT2D eigenvalue weighted by molar-refractivity contribution is 9.13. The minimum Gasteiger partial charge on any atom is -0.465 e. The number of anilines is 1. The Labute approximate surface area is 142 Å². The van der Waals surface area contributed by atoms with E-state index in [2.05, 4.69) is 37.2 Å². The van der Waals surface area contributed by atoms with Crippen LogP contribution in [-0.2, 0) is 11.3 Å². The molecule has 0 saturated heterocycles. The molecule has 0 saturated carbocycles. The number of nitrogens with one attached hydrogen (secondary N) is 1. The zero-order valence-electron chi connectivity index (χ0n) is 10.4. The van der Waals surface area contributed by atoms with E-state index in [-0.39, 0.29) is 5.97 Å². The van der Waals surface area contributed by atoms with Gasteiger partial charge in [-0.25, -0.2) is 4.79 Å². The van der Waals surface area contributed by atoms with Crippen LogP contribution < -0.4 is 5.32 Å². The first-order valence-electron chi connectivity index (χ1n) is 5.56. The normalized spacial score (nSPS) is 10.4. The number of carbonyl (C=O) groups excluding carboxylic acids is 1. The number of hydrogen-bond donors (Lipinski definition) is 1. The minimum absolute atomic E-state index is 0.383. The van der Waals surface area contributed by atoms with Gasteiger partial charge in [-0.3, -0.25) is 0 Å². The maximum Gasteiger partial charge on any atom is 0.337 e. The summed E-state index contributed by atoms with van der Waals surface area (Å²) in [6.07, 6.45) is 0. The summed E-state index contributed by atoms with van der Waals surface area (Å²) in [6.45, 7) is 0.624. The van der Waals surface area contributed by atoms with Crippen LogP contribution in [0.15, 0.2) is 32.5 Å². The maximum atomic E-state index is 11.5. The molecule has 1 aromatic carbocycles. The lowest BCUT2D eigenvalue weighted by Crippen LogP contribution is -2.04. The topological polar surface area (TPSA) is 38.3 Å². The highest BCUT2D eigenvalue weighted by Gasteiger charge is 2.10. The van der Waals surface area contributed by atoms with Gasteiger partial charge in [-0.1, -0.05) is 11.6 Å². The van der Waals surface area contributed by atoms with Gasteiger partial charge in [-0.15, -0.1) is 11.3 Å². The molecule has 0 aliphatic carbocycles. The molecule has 0 aliphatic heterocycles. The molecular weight excluding hydrogens is 429 g/mol. The molecule has 20 heavy (non-hydrogen) atoms. The fraction of sp³-hybridized carbons (Fsp3) is 0.154. The molecule has 2 aromatic rings. The van der Waals surface area contributed by atoms with Crippen molar-refractivity contribution in [3.8, 4) is 0 Å². The summed E-state index contributed by atoms with van der Waals surface area (Å²) in [6, 6.07) is 7.03. The Bertz CT molecular complexity index is 626. The molecule has 0 spiro atoms. The number of esters is 1. The molecule has 0 atom stereocenters. The van der Waals surface area contributed by atoms with Gasteiger partial charge in [0, 0.05) is 15.9 Å². The molecule has 2 rings (SSSR count). The molecule has 0 bridgehead atoms. The van der Waals surface area contributed by atoms with Gasteiger partial charge in [0.1, 0.15) is 0 Å². The lowest BCUT2D eigenvalue weighted by molar-refractivity contribution is 0.0601. The monoisotopic (exact) mass is 437 g/mol.